The highest BCUT2D eigenvalue weighted by molar-refractivity contribution is 6.08. The summed E-state index contributed by atoms with van der Waals surface area (Å²) < 4.78 is 0. The van der Waals surface area contributed by atoms with Crippen molar-refractivity contribution in [2.45, 2.75) is 13.0 Å². The van der Waals surface area contributed by atoms with E-state index in [2.05, 4.69) is 14.8 Å². The second kappa shape index (κ2) is 7.10. The van der Waals surface area contributed by atoms with E-state index in [1.165, 1.54) is 0 Å². The van der Waals surface area contributed by atoms with Crippen LogP contribution in [-0.2, 0) is 14.8 Å². The van der Waals surface area contributed by atoms with Gasteiger partial charge in [-0.1, -0.05) is 5.04 Å². The van der Waals surface area contributed by atoms with Crippen LogP contribution < -0.4 is 0 Å². The Morgan fingerprint density at radius 1 is 1.38 bits per heavy atom. The van der Waals surface area contributed by atoms with Gasteiger partial charge in [-0.2, -0.15) is 0 Å². The van der Waals surface area contributed by atoms with Gasteiger partial charge in [0.1, 0.15) is 0 Å². The van der Waals surface area contributed by atoms with Gasteiger partial charge in [0.05, 0.1) is 13.2 Å². The van der Waals surface area contributed by atoms with E-state index in [4.69, 9.17) is 0 Å². The molecule has 0 amide bonds. The lowest BCUT2D eigenvalue weighted by Gasteiger charge is -1.96. The fourth-order valence-corrected chi connectivity index (χ4v) is 0.366. The van der Waals surface area contributed by atoms with Gasteiger partial charge in [0.2, 0.25) is 0 Å². The van der Waals surface area contributed by atoms with Crippen LogP contribution in [0.2, 0.25) is 6.04 Å². The summed E-state index contributed by atoms with van der Waals surface area (Å²) in [4.78, 5) is 8.96. The van der Waals surface area contributed by atoms with Crippen LogP contribution in [0.1, 0.15) is 6.92 Å². The second-order valence-corrected chi connectivity index (χ2v) is 2.30. The molecule has 0 saturated heterocycles. The number of hydrogen-bond acceptors (Lipinski definition) is 3. The zero-order chi connectivity index (χ0) is 6.24. The first-order chi connectivity index (χ1) is 3.91. The highest BCUT2D eigenvalue weighted by Gasteiger charge is 1.82. The van der Waals surface area contributed by atoms with Gasteiger partial charge in [-0.3, -0.25) is 0 Å². The minimum absolute atomic E-state index is 0.529. The van der Waals surface area contributed by atoms with Gasteiger partial charge in [0.25, 0.3) is 0 Å². The molecule has 0 aromatic carbocycles. The van der Waals surface area contributed by atoms with Crippen molar-refractivity contribution >= 4 is 10.2 Å². The molecular formula is C4H12O3Si. The third-order valence-electron chi connectivity index (χ3n) is 0.502. The van der Waals surface area contributed by atoms with E-state index in [-0.39, 0.29) is 0 Å². The summed E-state index contributed by atoms with van der Waals surface area (Å²) in [6.45, 7) is 3.01. The minimum Gasteiger partial charge on any atom is -0.207 e. The van der Waals surface area contributed by atoms with E-state index in [0.717, 1.165) is 16.3 Å². The van der Waals surface area contributed by atoms with E-state index in [9.17, 15) is 0 Å². The lowest BCUT2D eigenvalue weighted by molar-refractivity contribution is -0.509. The van der Waals surface area contributed by atoms with Gasteiger partial charge in [-0.15, -0.1) is 0 Å². The average molecular weight is 136 g/mol. The Balaban J connectivity index is 2.53. The third-order valence-corrected chi connectivity index (χ3v) is 0.910. The van der Waals surface area contributed by atoms with Crippen LogP contribution in [0.3, 0.4) is 0 Å². The molecule has 0 fully saturated rings. The lowest BCUT2D eigenvalue weighted by Crippen LogP contribution is -1.96. The summed E-state index contributed by atoms with van der Waals surface area (Å²) in [5, 5.41) is 4.25. The fraction of sp³-hybridized carbons (Fsp3) is 1.00. The van der Waals surface area contributed by atoms with Gasteiger partial charge in [-0.25, -0.2) is 9.78 Å². The SMILES string of the molecule is CCOOOCC[SiH3]. The smallest absolute Gasteiger partial charge is 0.0825 e. The normalized spacial score (nSPS) is 10.1. The van der Waals surface area contributed by atoms with Crippen LogP contribution in [0.15, 0.2) is 0 Å². The Labute approximate surface area is 52.2 Å². The molecule has 0 unspecified atom stereocenters. The molecule has 0 atom stereocenters. The summed E-state index contributed by atoms with van der Waals surface area (Å²) in [7, 11) is 1.15. The molecule has 0 rings (SSSR count). The summed E-state index contributed by atoms with van der Waals surface area (Å²) in [5.74, 6) is 0. The highest BCUT2D eigenvalue weighted by atomic mass is 28.1. The summed E-state index contributed by atoms with van der Waals surface area (Å²) in [6, 6.07) is 1.08. The molecule has 0 spiro atoms. The van der Waals surface area contributed by atoms with Crippen molar-refractivity contribution in [2.75, 3.05) is 13.2 Å². The molecule has 0 aliphatic rings. The Bertz CT molecular complexity index is 36.3. The van der Waals surface area contributed by atoms with Crippen molar-refractivity contribution in [2.24, 2.45) is 0 Å². The van der Waals surface area contributed by atoms with Gasteiger partial charge < -0.3 is 0 Å². The first kappa shape index (κ1) is 8.10. The molecule has 3 nitrogen and oxygen atoms in total. The van der Waals surface area contributed by atoms with Crippen molar-refractivity contribution in [1.82, 2.24) is 0 Å². The zero-order valence-corrected chi connectivity index (χ0v) is 7.35. The van der Waals surface area contributed by atoms with Crippen molar-refractivity contribution < 1.29 is 14.8 Å². The molecule has 0 heterocycles. The van der Waals surface area contributed by atoms with Crippen molar-refractivity contribution in [3.63, 3.8) is 0 Å². The molecule has 50 valence electrons. The molecule has 0 aliphatic heterocycles. The predicted octanol–water partition coefficient (Wildman–Crippen LogP) is -0.330. The molecule has 0 aliphatic carbocycles. The minimum atomic E-state index is 0.529. The zero-order valence-electron chi connectivity index (χ0n) is 5.35. The van der Waals surface area contributed by atoms with Gasteiger partial charge in [0.15, 0.2) is 0 Å². The van der Waals surface area contributed by atoms with E-state index in [1.54, 1.807) is 0 Å². The van der Waals surface area contributed by atoms with Crippen LogP contribution in [-0.4, -0.2) is 23.5 Å². The summed E-state index contributed by atoms with van der Waals surface area (Å²) in [6.07, 6.45) is 0. The largest absolute Gasteiger partial charge is 0.207 e. The van der Waals surface area contributed by atoms with E-state index in [1.807, 2.05) is 6.92 Å². The van der Waals surface area contributed by atoms with Crippen LogP contribution in [0.5, 0.6) is 0 Å². The maximum Gasteiger partial charge on any atom is 0.0825 e. The number of rotatable bonds is 5. The fourth-order valence-electron chi connectivity index (χ4n) is 0.199. The van der Waals surface area contributed by atoms with Gasteiger partial charge in [-0.05, 0) is 13.0 Å². The summed E-state index contributed by atoms with van der Waals surface area (Å²) in [5.41, 5.74) is 0. The van der Waals surface area contributed by atoms with E-state index >= 15 is 0 Å². The first-order valence-corrected chi connectivity index (χ1v) is 4.24. The van der Waals surface area contributed by atoms with Gasteiger partial charge in [0, 0.05) is 10.2 Å². The van der Waals surface area contributed by atoms with Gasteiger partial charge >= 0.3 is 0 Å². The van der Waals surface area contributed by atoms with Crippen molar-refractivity contribution in [3.8, 4) is 0 Å². The molecule has 0 radical (unpaired) electrons. The molecule has 0 bridgehead atoms. The molecular weight excluding hydrogens is 124 g/mol. The van der Waals surface area contributed by atoms with Crippen molar-refractivity contribution in [3.05, 3.63) is 0 Å². The Kier molecular flexibility index (Phi) is 7.18. The Hall–Kier alpha value is 0.0969. The first-order valence-electron chi connectivity index (χ1n) is 2.82. The average Bonchev–Trinajstić information content (AvgIpc) is 1.81. The van der Waals surface area contributed by atoms with Crippen LogP contribution in [0, 0.1) is 0 Å². The number of hydrogen-bond donors (Lipinski definition) is 0. The molecule has 8 heavy (non-hydrogen) atoms. The molecule has 0 N–H and O–H groups in total. The molecule has 4 heteroatoms. The quantitative estimate of drug-likeness (QED) is 0.224. The van der Waals surface area contributed by atoms with Crippen LogP contribution >= 0.6 is 0 Å². The second-order valence-electron chi connectivity index (χ2n) is 1.30. The monoisotopic (exact) mass is 136 g/mol. The Morgan fingerprint density at radius 3 is 2.62 bits per heavy atom. The highest BCUT2D eigenvalue weighted by Crippen LogP contribution is 1.81. The van der Waals surface area contributed by atoms with E-state index < -0.39 is 0 Å². The lowest BCUT2D eigenvalue weighted by atomic mass is 10.9. The topological polar surface area (TPSA) is 27.7 Å². The van der Waals surface area contributed by atoms with Crippen molar-refractivity contribution in [1.29, 1.82) is 0 Å². The molecule has 0 aromatic rings. The van der Waals surface area contributed by atoms with E-state index in [0.29, 0.717) is 13.2 Å². The third kappa shape index (κ3) is 6.10. The van der Waals surface area contributed by atoms with Crippen LogP contribution in [0.4, 0.5) is 0 Å². The van der Waals surface area contributed by atoms with Crippen LogP contribution in [0.25, 0.3) is 0 Å². The Morgan fingerprint density at radius 2 is 2.12 bits per heavy atom. The summed E-state index contributed by atoms with van der Waals surface area (Å²) >= 11 is 0. The standard InChI is InChI=1S/C4H12O3Si/c1-2-5-7-6-3-4-8/h2-4H2,1,8H3. The molecule has 0 aromatic heterocycles. The predicted molar refractivity (Wildman–Crippen MR) is 33.4 cm³/mol. The maximum absolute atomic E-state index is 4.54. The maximum atomic E-state index is 4.54. The molecule has 0 saturated carbocycles.